The van der Waals surface area contributed by atoms with E-state index in [2.05, 4.69) is 11.9 Å². The van der Waals surface area contributed by atoms with Gasteiger partial charge in [-0.1, -0.05) is 29.8 Å². The van der Waals surface area contributed by atoms with Crippen LogP contribution in [-0.2, 0) is 9.47 Å². The SMILES string of the molecule is C=CC[C@H](NC(=O)OC(C)(C)C)C(C)=CCOC(=O)c1ccccc1. The second-order valence-corrected chi connectivity index (χ2v) is 6.64. The first-order valence-electron chi connectivity index (χ1n) is 8.22. The molecule has 5 nitrogen and oxygen atoms in total. The second kappa shape index (κ2) is 9.67. The fraction of sp³-hybridized carbons (Fsp3) is 0.400. The van der Waals surface area contributed by atoms with Crippen LogP contribution in [0.15, 0.2) is 54.6 Å². The maximum Gasteiger partial charge on any atom is 0.408 e. The molecule has 0 saturated heterocycles. The Kier molecular flexibility index (Phi) is 7.92. The van der Waals surface area contributed by atoms with Crippen LogP contribution in [0, 0.1) is 0 Å². The Hall–Kier alpha value is -2.56. The summed E-state index contributed by atoms with van der Waals surface area (Å²) in [5, 5.41) is 2.80. The van der Waals surface area contributed by atoms with Crippen molar-refractivity contribution < 1.29 is 19.1 Å². The first-order valence-corrected chi connectivity index (χ1v) is 8.22. The smallest absolute Gasteiger partial charge is 0.408 e. The summed E-state index contributed by atoms with van der Waals surface area (Å²) < 4.78 is 10.5. The molecule has 0 aliphatic heterocycles. The molecule has 0 aliphatic carbocycles. The lowest BCUT2D eigenvalue weighted by Crippen LogP contribution is -2.39. The third-order valence-corrected chi connectivity index (χ3v) is 3.27. The van der Waals surface area contributed by atoms with Gasteiger partial charge in [0.05, 0.1) is 11.6 Å². The second-order valence-electron chi connectivity index (χ2n) is 6.64. The third kappa shape index (κ3) is 8.20. The van der Waals surface area contributed by atoms with Crippen molar-refractivity contribution in [3.8, 4) is 0 Å². The first kappa shape index (κ1) is 20.5. The van der Waals surface area contributed by atoms with Crippen molar-refractivity contribution in [3.63, 3.8) is 0 Å². The number of ether oxygens (including phenoxy) is 2. The fourth-order valence-corrected chi connectivity index (χ4v) is 2.02. The molecular formula is C20H27NO4. The lowest BCUT2D eigenvalue weighted by atomic mass is 10.1. The van der Waals surface area contributed by atoms with Crippen molar-refractivity contribution in [3.05, 3.63) is 60.2 Å². The summed E-state index contributed by atoms with van der Waals surface area (Å²) in [6, 6.07) is 8.53. The van der Waals surface area contributed by atoms with Crippen LogP contribution < -0.4 is 5.32 Å². The molecule has 0 radical (unpaired) electrons. The molecule has 136 valence electrons. The summed E-state index contributed by atoms with van der Waals surface area (Å²) in [4.78, 5) is 23.8. The molecule has 1 aromatic carbocycles. The van der Waals surface area contributed by atoms with Gasteiger partial charge in [0.1, 0.15) is 12.2 Å². The average Bonchev–Trinajstić information content (AvgIpc) is 2.53. The van der Waals surface area contributed by atoms with Crippen LogP contribution in [0.25, 0.3) is 0 Å². The highest BCUT2D eigenvalue weighted by Crippen LogP contribution is 2.11. The number of benzene rings is 1. The molecular weight excluding hydrogens is 318 g/mol. The van der Waals surface area contributed by atoms with Crippen molar-refractivity contribution in [1.82, 2.24) is 5.32 Å². The molecule has 0 spiro atoms. The van der Waals surface area contributed by atoms with E-state index in [0.29, 0.717) is 12.0 Å². The molecule has 1 rings (SSSR count). The van der Waals surface area contributed by atoms with Crippen molar-refractivity contribution >= 4 is 12.1 Å². The average molecular weight is 345 g/mol. The van der Waals surface area contributed by atoms with Gasteiger partial charge in [-0.15, -0.1) is 6.58 Å². The summed E-state index contributed by atoms with van der Waals surface area (Å²) in [7, 11) is 0. The van der Waals surface area contributed by atoms with Gasteiger partial charge in [0.2, 0.25) is 0 Å². The molecule has 1 aromatic rings. The summed E-state index contributed by atoms with van der Waals surface area (Å²) in [5.74, 6) is -0.384. The molecule has 0 saturated carbocycles. The Morgan fingerprint density at radius 3 is 2.44 bits per heavy atom. The zero-order valence-corrected chi connectivity index (χ0v) is 15.4. The number of hydrogen-bond acceptors (Lipinski definition) is 4. The number of alkyl carbamates (subject to hydrolysis) is 1. The van der Waals surface area contributed by atoms with Crippen LogP contribution in [0.3, 0.4) is 0 Å². The van der Waals surface area contributed by atoms with E-state index >= 15 is 0 Å². The fourth-order valence-electron chi connectivity index (χ4n) is 2.02. The maximum absolute atomic E-state index is 11.9. The van der Waals surface area contributed by atoms with Gasteiger partial charge >= 0.3 is 12.1 Å². The molecule has 0 unspecified atom stereocenters. The number of rotatable bonds is 7. The van der Waals surface area contributed by atoms with E-state index in [-0.39, 0.29) is 18.6 Å². The van der Waals surface area contributed by atoms with Gasteiger partial charge in [-0.25, -0.2) is 9.59 Å². The molecule has 0 bridgehead atoms. The van der Waals surface area contributed by atoms with Crippen LogP contribution in [0.2, 0.25) is 0 Å². The van der Waals surface area contributed by atoms with Crippen LogP contribution in [0.4, 0.5) is 4.79 Å². The van der Waals surface area contributed by atoms with Gasteiger partial charge in [-0.3, -0.25) is 0 Å². The summed E-state index contributed by atoms with van der Waals surface area (Å²) >= 11 is 0. The van der Waals surface area contributed by atoms with E-state index in [0.717, 1.165) is 5.57 Å². The Balaban J connectivity index is 2.60. The van der Waals surface area contributed by atoms with Crippen LogP contribution in [0.1, 0.15) is 44.5 Å². The largest absolute Gasteiger partial charge is 0.458 e. The predicted octanol–water partition coefficient (Wildman–Crippen LogP) is 4.26. The highest BCUT2D eigenvalue weighted by molar-refractivity contribution is 5.89. The molecule has 1 N–H and O–H groups in total. The normalized spacial score (nSPS) is 12.9. The quantitative estimate of drug-likeness (QED) is 0.592. The Morgan fingerprint density at radius 1 is 1.24 bits per heavy atom. The lowest BCUT2D eigenvalue weighted by molar-refractivity contribution is 0.0505. The summed E-state index contributed by atoms with van der Waals surface area (Å²) in [5.41, 5.74) is 0.806. The zero-order chi connectivity index (χ0) is 18.9. The molecule has 0 aliphatic rings. The van der Waals surface area contributed by atoms with E-state index in [1.165, 1.54) is 0 Å². The minimum atomic E-state index is -0.564. The van der Waals surface area contributed by atoms with Gasteiger partial charge < -0.3 is 14.8 Å². The van der Waals surface area contributed by atoms with E-state index in [4.69, 9.17) is 9.47 Å². The summed E-state index contributed by atoms with van der Waals surface area (Å²) in [6.45, 7) is 11.1. The number of esters is 1. The monoisotopic (exact) mass is 345 g/mol. The number of carbonyl (C=O) groups is 2. The predicted molar refractivity (Wildman–Crippen MR) is 98.5 cm³/mol. The standard InChI is InChI=1S/C20H27NO4/c1-6-10-17(21-19(23)25-20(3,4)5)15(2)13-14-24-18(22)16-11-8-7-9-12-16/h6-9,11-13,17H,1,10,14H2,2-5H3,(H,21,23)/t17-/m0/s1. The number of amides is 1. The Bertz CT molecular complexity index is 614. The van der Waals surface area contributed by atoms with Gasteiger partial charge in [0.15, 0.2) is 0 Å². The molecule has 5 heteroatoms. The number of hydrogen-bond donors (Lipinski definition) is 1. The first-order chi connectivity index (χ1) is 11.7. The minimum Gasteiger partial charge on any atom is -0.458 e. The lowest BCUT2D eigenvalue weighted by Gasteiger charge is -2.23. The van der Waals surface area contributed by atoms with Crippen molar-refractivity contribution in [2.24, 2.45) is 0 Å². The molecule has 1 amide bonds. The molecule has 0 aromatic heterocycles. The Morgan fingerprint density at radius 2 is 1.88 bits per heavy atom. The van der Waals surface area contributed by atoms with Gasteiger partial charge in [0, 0.05) is 0 Å². The number of carbonyl (C=O) groups excluding carboxylic acids is 2. The molecule has 1 atom stereocenters. The topological polar surface area (TPSA) is 64.6 Å². The Labute approximate surface area is 149 Å². The van der Waals surface area contributed by atoms with Crippen molar-refractivity contribution in [2.45, 2.75) is 45.8 Å². The maximum atomic E-state index is 11.9. The van der Waals surface area contributed by atoms with Crippen molar-refractivity contribution in [1.29, 1.82) is 0 Å². The third-order valence-electron chi connectivity index (χ3n) is 3.27. The zero-order valence-electron chi connectivity index (χ0n) is 15.4. The van der Waals surface area contributed by atoms with Crippen LogP contribution in [-0.4, -0.2) is 30.3 Å². The highest BCUT2D eigenvalue weighted by atomic mass is 16.6. The molecule has 25 heavy (non-hydrogen) atoms. The van der Waals surface area contributed by atoms with E-state index < -0.39 is 11.7 Å². The number of nitrogens with one attached hydrogen (secondary N) is 1. The molecule has 0 fully saturated rings. The van der Waals surface area contributed by atoms with E-state index in [9.17, 15) is 9.59 Å². The van der Waals surface area contributed by atoms with E-state index in [1.807, 2.05) is 13.0 Å². The van der Waals surface area contributed by atoms with Gasteiger partial charge in [-0.05, 0) is 52.3 Å². The van der Waals surface area contributed by atoms with E-state index in [1.54, 1.807) is 57.2 Å². The summed E-state index contributed by atoms with van der Waals surface area (Å²) in [6.07, 6.45) is 3.55. The minimum absolute atomic E-state index is 0.128. The van der Waals surface area contributed by atoms with Crippen molar-refractivity contribution in [2.75, 3.05) is 6.61 Å². The van der Waals surface area contributed by atoms with Crippen LogP contribution in [0.5, 0.6) is 0 Å². The van der Waals surface area contributed by atoms with Gasteiger partial charge in [-0.2, -0.15) is 0 Å². The highest BCUT2D eigenvalue weighted by Gasteiger charge is 2.19. The van der Waals surface area contributed by atoms with Gasteiger partial charge in [0.25, 0.3) is 0 Å². The van der Waals surface area contributed by atoms with Crippen LogP contribution >= 0.6 is 0 Å². The molecule has 0 heterocycles.